The van der Waals surface area contributed by atoms with Gasteiger partial charge in [-0.1, -0.05) is 23.7 Å². The van der Waals surface area contributed by atoms with E-state index in [1.54, 1.807) is 37.3 Å². The number of nitrogens with zero attached hydrogens (tertiary/aromatic N) is 1. The second-order valence-corrected chi connectivity index (χ2v) is 5.53. The molecule has 2 aromatic carbocycles. The Morgan fingerprint density at radius 1 is 1.12 bits per heavy atom. The first-order valence-corrected chi connectivity index (χ1v) is 7.45. The summed E-state index contributed by atoms with van der Waals surface area (Å²) in [6, 6.07) is 11.1. The molecule has 0 saturated carbocycles. The average Bonchev–Trinajstić information content (AvgIpc) is 2.51. The average molecular weight is 346 g/mol. The number of benzene rings is 2. The topological polar surface area (TPSA) is 92.5 Å². The molecule has 0 heterocycles. The number of nitrogens with two attached hydrogens (primary N) is 1. The van der Waals surface area contributed by atoms with Crippen molar-refractivity contribution in [2.45, 2.75) is 13.8 Å². The van der Waals surface area contributed by atoms with Crippen LogP contribution in [-0.2, 0) is 14.4 Å². The third-order valence-corrected chi connectivity index (χ3v) is 3.77. The van der Waals surface area contributed by atoms with Gasteiger partial charge in [-0.25, -0.2) is 4.90 Å². The van der Waals surface area contributed by atoms with E-state index in [1.165, 1.54) is 19.1 Å². The number of halogens is 1. The maximum Gasteiger partial charge on any atom is 0.323 e. The molecule has 0 aliphatic rings. The fourth-order valence-electron chi connectivity index (χ4n) is 2.13. The highest BCUT2D eigenvalue weighted by molar-refractivity contribution is 6.48. The molecule has 0 radical (unpaired) electrons. The van der Waals surface area contributed by atoms with Gasteiger partial charge in [0, 0.05) is 23.3 Å². The van der Waals surface area contributed by atoms with Crippen LogP contribution in [0.4, 0.5) is 17.1 Å². The molecule has 0 atom stereocenters. The molecule has 2 aromatic rings. The van der Waals surface area contributed by atoms with E-state index in [1.807, 2.05) is 0 Å². The lowest BCUT2D eigenvalue weighted by atomic mass is 10.2. The van der Waals surface area contributed by atoms with Crippen LogP contribution in [-0.4, -0.2) is 17.7 Å². The highest BCUT2D eigenvalue weighted by atomic mass is 35.5. The molecule has 3 amide bonds. The largest absolute Gasteiger partial charge is 0.399 e. The van der Waals surface area contributed by atoms with Gasteiger partial charge in [-0.15, -0.1) is 0 Å². The standard InChI is InChI=1S/C17H16ClN3O3/c1-10-14(18)7-4-8-15(10)20-16(23)17(24)21(11(2)22)13-6-3-5-12(19)9-13/h3-9H,19H2,1-2H3,(H,20,23). The van der Waals surface area contributed by atoms with Crippen molar-refractivity contribution in [3.05, 3.63) is 53.1 Å². The number of amides is 3. The second-order valence-electron chi connectivity index (χ2n) is 5.12. The lowest BCUT2D eigenvalue weighted by molar-refractivity contribution is -0.136. The van der Waals surface area contributed by atoms with Crippen molar-refractivity contribution in [1.29, 1.82) is 0 Å². The molecule has 0 aromatic heterocycles. The number of nitrogens with one attached hydrogen (secondary N) is 1. The third-order valence-electron chi connectivity index (χ3n) is 3.36. The maximum atomic E-state index is 12.4. The van der Waals surface area contributed by atoms with Crippen molar-refractivity contribution in [3.8, 4) is 0 Å². The lowest BCUT2D eigenvalue weighted by Gasteiger charge is -2.19. The minimum atomic E-state index is -1.01. The first-order valence-electron chi connectivity index (χ1n) is 7.08. The Morgan fingerprint density at radius 2 is 1.79 bits per heavy atom. The Balaban J connectivity index is 2.28. The molecule has 124 valence electrons. The minimum Gasteiger partial charge on any atom is -0.399 e. The van der Waals surface area contributed by atoms with Gasteiger partial charge in [0.05, 0.1) is 5.69 Å². The lowest BCUT2D eigenvalue weighted by Crippen LogP contribution is -2.42. The summed E-state index contributed by atoms with van der Waals surface area (Å²) in [5.74, 6) is -2.55. The molecule has 0 bridgehead atoms. The van der Waals surface area contributed by atoms with Crippen LogP contribution in [0.3, 0.4) is 0 Å². The SMILES string of the molecule is CC(=O)N(C(=O)C(=O)Nc1cccc(Cl)c1C)c1cccc(N)c1. The predicted molar refractivity (Wildman–Crippen MR) is 93.8 cm³/mol. The number of imide groups is 1. The zero-order valence-corrected chi connectivity index (χ0v) is 13.9. The van der Waals surface area contributed by atoms with Gasteiger partial charge in [-0.3, -0.25) is 14.4 Å². The van der Waals surface area contributed by atoms with Gasteiger partial charge in [-0.2, -0.15) is 0 Å². The summed E-state index contributed by atoms with van der Waals surface area (Å²) in [6.45, 7) is 2.90. The first-order chi connectivity index (χ1) is 11.3. The molecule has 0 saturated heterocycles. The normalized spacial score (nSPS) is 10.1. The monoisotopic (exact) mass is 345 g/mol. The fraction of sp³-hybridized carbons (Fsp3) is 0.118. The fourth-order valence-corrected chi connectivity index (χ4v) is 2.30. The van der Waals surface area contributed by atoms with Crippen LogP contribution < -0.4 is 16.0 Å². The Hall–Kier alpha value is -2.86. The molecule has 0 spiro atoms. The zero-order chi connectivity index (χ0) is 17.9. The van der Waals surface area contributed by atoms with E-state index < -0.39 is 17.7 Å². The van der Waals surface area contributed by atoms with E-state index in [4.69, 9.17) is 17.3 Å². The van der Waals surface area contributed by atoms with E-state index >= 15 is 0 Å². The van der Waals surface area contributed by atoms with Crippen molar-refractivity contribution in [3.63, 3.8) is 0 Å². The number of hydrogen-bond acceptors (Lipinski definition) is 4. The molecule has 6 nitrogen and oxygen atoms in total. The minimum absolute atomic E-state index is 0.227. The number of nitrogen functional groups attached to an aromatic ring is 1. The molecule has 2 rings (SSSR count). The number of rotatable bonds is 2. The highest BCUT2D eigenvalue weighted by Gasteiger charge is 2.27. The molecule has 0 aliphatic heterocycles. The Labute approximate surface area is 144 Å². The van der Waals surface area contributed by atoms with Crippen molar-refractivity contribution in [2.75, 3.05) is 16.0 Å². The predicted octanol–water partition coefficient (Wildman–Crippen LogP) is 2.75. The summed E-state index contributed by atoms with van der Waals surface area (Å²) >= 11 is 5.99. The van der Waals surface area contributed by atoms with Gasteiger partial charge >= 0.3 is 11.8 Å². The summed E-state index contributed by atoms with van der Waals surface area (Å²) < 4.78 is 0. The van der Waals surface area contributed by atoms with Crippen LogP contribution in [0.1, 0.15) is 12.5 Å². The van der Waals surface area contributed by atoms with Crippen LogP contribution in [0.5, 0.6) is 0 Å². The quantitative estimate of drug-likeness (QED) is 0.646. The van der Waals surface area contributed by atoms with Gasteiger partial charge < -0.3 is 11.1 Å². The Kier molecular flexibility index (Phi) is 5.21. The van der Waals surface area contributed by atoms with Crippen LogP contribution in [0, 0.1) is 6.92 Å². The van der Waals surface area contributed by atoms with Crippen molar-refractivity contribution in [1.82, 2.24) is 0 Å². The van der Waals surface area contributed by atoms with E-state index in [0.29, 0.717) is 22.0 Å². The van der Waals surface area contributed by atoms with E-state index in [2.05, 4.69) is 5.32 Å². The molecule has 0 unspecified atom stereocenters. The Bertz CT molecular complexity index is 820. The first kappa shape index (κ1) is 17.5. The summed E-state index contributed by atoms with van der Waals surface area (Å²) in [7, 11) is 0. The molecule has 0 aliphatic carbocycles. The van der Waals surface area contributed by atoms with E-state index in [-0.39, 0.29) is 5.69 Å². The number of carbonyl (C=O) groups excluding carboxylic acids is 3. The highest BCUT2D eigenvalue weighted by Crippen LogP contribution is 2.23. The van der Waals surface area contributed by atoms with Crippen molar-refractivity contribution < 1.29 is 14.4 Å². The van der Waals surface area contributed by atoms with E-state index in [9.17, 15) is 14.4 Å². The van der Waals surface area contributed by atoms with Gasteiger partial charge in [0.25, 0.3) is 0 Å². The summed E-state index contributed by atoms with van der Waals surface area (Å²) in [4.78, 5) is 37.3. The molecule has 7 heteroatoms. The molecule has 3 N–H and O–H groups in total. The number of hydrogen-bond donors (Lipinski definition) is 2. The number of carbonyl (C=O) groups is 3. The van der Waals surface area contributed by atoms with Crippen LogP contribution in [0.2, 0.25) is 5.02 Å². The van der Waals surface area contributed by atoms with Crippen molar-refractivity contribution in [2.24, 2.45) is 0 Å². The van der Waals surface area contributed by atoms with Gasteiger partial charge in [0.1, 0.15) is 0 Å². The smallest absolute Gasteiger partial charge is 0.323 e. The summed E-state index contributed by atoms with van der Waals surface area (Å²) in [5, 5.41) is 2.93. The van der Waals surface area contributed by atoms with Gasteiger partial charge in [0.15, 0.2) is 0 Å². The molecular weight excluding hydrogens is 330 g/mol. The van der Waals surface area contributed by atoms with Crippen LogP contribution >= 0.6 is 11.6 Å². The molecule has 0 fully saturated rings. The van der Waals surface area contributed by atoms with Crippen molar-refractivity contribution >= 4 is 46.4 Å². The summed E-state index contributed by atoms with van der Waals surface area (Å²) in [5.41, 5.74) is 7.29. The van der Waals surface area contributed by atoms with E-state index in [0.717, 1.165) is 4.90 Å². The van der Waals surface area contributed by atoms with Crippen LogP contribution in [0.15, 0.2) is 42.5 Å². The third kappa shape index (κ3) is 3.72. The van der Waals surface area contributed by atoms with Crippen LogP contribution in [0.25, 0.3) is 0 Å². The zero-order valence-electron chi connectivity index (χ0n) is 13.2. The van der Waals surface area contributed by atoms with Gasteiger partial charge in [0.2, 0.25) is 5.91 Å². The second kappa shape index (κ2) is 7.14. The number of anilines is 3. The summed E-state index contributed by atoms with van der Waals surface area (Å²) in [6.07, 6.45) is 0. The van der Waals surface area contributed by atoms with Gasteiger partial charge in [-0.05, 0) is 42.8 Å². The maximum absolute atomic E-state index is 12.4. The molecular formula is C17H16ClN3O3. The Morgan fingerprint density at radius 3 is 2.42 bits per heavy atom. The molecule has 24 heavy (non-hydrogen) atoms.